The first-order chi connectivity index (χ1) is 7.81. The van der Waals surface area contributed by atoms with Gasteiger partial charge >= 0.3 is 0 Å². The lowest BCUT2D eigenvalue weighted by molar-refractivity contribution is 0.152. The Morgan fingerprint density at radius 1 is 1.31 bits per heavy atom. The summed E-state index contributed by atoms with van der Waals surface area (Å²) < 4.78 is 19.2. The zero-order valence-electron chi connectivity index (χ0n) is 9.29. The van der Waals surface area contributed by atoms with Gasteiger partial charge in [0, 0.05) is 26.2 Å². The second-order valence-electron chi connectivity index (χ2n) is 3.94. The van der Waals surface area contributed by atoms with Crippen molar-refractivity contribution in [3.05, 3.63) is 29.6 Å². The second-order valence-corrected chi connectivity index (χ2v) is 3.94. The molecule has 0 saturated carbocycles. The number of benzene rings is 1. The lowest BCUT2D eigenvalue weighted by Gasteiger charge is -2.22. The van der Waals surface area contributed by atoms with Crippen LogP contribution < -0.4 is 10.6 Å². The maximum Gasteiger partial charge on any atom is 0.146 e. The number of hydrogen-bond acceptors (Lipinski definition) is 3. The highest BCUT2D eigenvalue weighted by molar-refractivity contribution is 5.49. The van der Waals surface area contributed by atoms with Gasteiger partial charge in [-0.15, -0.1) is 0 Å². The smallest absolute Gasteiger partial charge is 0.146 e. The van der Waals surface area contributed by atoms with Crippen LogP contribution in [0.25, 0.3) is 0 Å². The van der Waals surface area contributed by atoms with Gasteiger partial charge in [-0.25, -0.2) is 4.39 Å². The largest absolute Gasteiger partial charge is 0.380 e. The number of rotatable bonds is 2. The Hall–Kier alpha value is -1.13. The molecule has 0 unspecified atom stereocenters. The van der Waals surface area contributed by atoms with Crippen molar-refractivity contribution in [2.24, 2.45) is 5.73 Å². The van der Waals surface area contributed by atoms with Gasteiger partial charge < -0.3 is 15.4 Å². The molecule has 88 valence electrons. The molecular weight excluding hydrogens is 207 g/mol. The standard InChI is InChI=1S/C12H17FN2O/c13-11-8-10(9-14)2-3-12(11)15-4-1-6-16-7-5-15/h2-3,8H,1,4-7,9,14H2. The highest BCUT2D eigenvalue weighted by Crippen LogP contribution is 2.21. The number of hydrogen-bond donors (Lipinski definition) is 1. The van der Waals surface area contributed by atoms with Gasteiger partial charge in [0.25, 0.3) is 0 Å². The Balaban J connectivity index is 2.18. The van der Waals surface area contributed by atoms with E-state index in [1.54, 1.807) is 0 Å². The Kier molecular flexibility index (Phi) is 3.74. The summed E-state index contributed by atoms with van der Waals surface area (Å²) in [6, 6.07) is 5.20. The van der Waals surface area contributed by atoms with E-state index in [0.29, 0.717) is 18.8 Å². The first-order valence-electron chi connectivity index (χ1n) is 5.62. The minimum atomic E-state index is -0.190. The summed E-state index contributed by atoms with van der Waals surface area (Å²) in [6.07, 6.45) is 0.943. The van der Waals surface area contributed by atoms with Gasteiger partial charge in [0.15, 0.2) is 0 Å². The molecule has 1 aromatic rings. The molecule has 2 rings (SSSR count). The zero-order chi connectivity index (χ0) is 11.4. The maximum absolute atomic E-state index is 13.8. The van der Waals surface area contributed by atoms with Gasteiger partial charge in [-0.1, -0.05) is 6.07 Å². The molecule has 3 nitrogen and oxygen atoms in total. The van der Waals surface area contributed by atoms with E-state index in [0.717, 1.165) is 31.7 Å². The van der Waals surface area contributed by atoms with Crippen molar-refractivity contribution in [1.29, 1.82) is 0 Å². The molecule has 0 amide bonds. The predicted octanol–water partition coefficient (Wildman–Crippen LogP) is 1.51. The molecule has 0 atom stereocenters. The first kappa shape index (κ1) is 11.4. The van der Waals surface area contributed by atoms with E-state index in [1.165, 1.54) is 6.07 Å². The minimum absolute atomic E-state index is 0.190. The molecule has 2 N–H and O–H groups in total. The van der Waals surface area contributed by atoms with Crippen LogP contribution in [0.1, 0.15) is 12.0 Å². The third-order valence-corrected chi connectivity index (χ3v) is 2.81. The summed E-state index contributed by atoms with van der Waals surface area (Å²) >= 11 is 0. The quantitative estimate of drug-likeness (QED) is 0.827. The van der Waals surface area contributed by atoms with Crippen LogP contribution in [-0.2, 0) is 11.3 Å². The lowest BCUT2D eigenvalue weighted by atomic mass is 10.2. The van der Waals surface area contributed by atoms with Gasteiger partial charge in [0.2, 0.25) is 0 Å². The van der Waals surface area contributed by atoms with Gasteiger partial charge in [0.05, 0.1) is 12.3 Å². The van der Waals surface area contributed by atoms with Gasteiger partial charge in [-0.05, 0) is 24.1 Å². The summed E-state index contributed by atoms with van der Waals surface area (Å²) in [5.41, 5.74) is 6.95. The van der Waals surface area contributed by atoms with Crippen molar-refractivity contribution in [3.8, 4) is 0 Å². The van der Waals surface area contributed by atoms with Crippen molar-refractivity contribution < 1.29 is 9.13 Å². The third-order valence-electron chi connectivity index (χ3n) is 2.81. The fourth-order valence-corrected chi connectivity index (χ4v) is 1.92. The normalized spacial score (nSPS) is 17.2. The molecule has 1 heterocycles. The minimum Gasteiger partial charge on any atom is -0.380 e. The van der Waals surface area contributed by atoms with E-state index >= 15 is 0 Å². The van der Waals surface area contributed by atoms with Gasteiger partial charge in [0.1, 0.15) is 5.82 Å². The van der Waals surface area contributed by atoms with Crippen molar-refractivity contribution in [3.63, 3.8) is 0 Å². The van der Waals surface area contributed by atoms with Gasteiger partial charge in [-0.2, -0.15) is 0 Å². The Labute approximate surface area is 95.0 Å². The average molecular weight is 224 g/mol. The highest BCUT2D eigenvalue weighted by atomic mass is 19.1. The number of anilines is 1. The Morgan fingerprint density at radius 2 is 2.19 bits per heavy atom. The summed E-state index contributed by atoms with van der Waals surface area (Å²) in [5, 5.41) is 0. The fraction of sp³-hybridized carbons (Fsp3) is 0.500. The van der Waals surface area contributed by atoms with Crippen molar-refractivity contribution in [1.82, 2.24) is 0 Å². The molecule has 1 aromatic carbocycles. The summed E-state index contributed by atoms with van der Waals surface area (Å²) in [6.45, 7) is 3.40. The number of halogens is 1. The monoisotopic (exact) mass is 224 g/mol. The zero-order valence-corrected chi connectivity index (χ0v) is 9.29. The summed E-state index contributed by atoms with van der Waals surface area (Å²) in [5.74, 6) is -0.190. The van der Waals surface area contributed by atoms with Gasteiger partial charge in [-0.3, -0.25) is 0 Å². The van der Waals surface area contributed by atoms with Crippen LogP contribution in [0.3, 0.4) is 0 Å². The molecule has 1 aliphatic rings. The second kappa shape index (κ2) is 5.27. The molecule has 0 bridgehead atoms. The van der Waals surface area contributed by atoms with Crippen LogP contribution in [0.2, 0.25) is 0 Å². The van der Waals surface area contributed by atoms with Crippen LogP contribution in [0.4, 0.5) is 10.1 Å². The Bertz CT molecular complexity index is 349. The molecule has 16 heavy (non-hydrogen) atoms. The number of ether oxygens (including phenoxy) is 1. The van der Waals surface area contributed by atoms with Crippen LogP contribution in [0.5, 0.6) is 0 Å². The molecular formula is C12H17FN2O. The Morgan fingerprint density at radius 3 is 2.94 bits per heavy atom. The third kappa shape index (κ3) is 2.51. The average Bonchev–Trinajstić information content (AvgIpc) is 2.57. The number of nitrogens with zero attached hydrogens (tertiary/aromatic N) is 1. The molecule has 0 aliphatic carbocycles. The fourth-order valence-electron chi connectivity index (χ4n) is 1.92. The molecule has 0 aromatic heterocycles. The predicted molar refractivity (Wildman–Crippen MR) is 61.9 cm³/mol. The first-order valence-corrected chi connectivity index (χ1v) is 5.62. The SMILES string of the molecule is NCc1ccc(N2CCCOCC2)c(F)c1. The molecule has 1 fully saturated rings. The lowest BCUT2D eigenvalue weighted by Crippen LogP contribution is -2.26. The van der Waals surface area contributed by atoms with E-state index in [2.05, 4.69) is 0 Å². The van der Waals surface area contributed by atoms with E-state index in [-0.39, 0.29) is 5.82 Å². The topological polar surface area (TPSA) is 38.5 Å². The van der Waals surface area contributed by atoms with Crippen LogP contribution in [-0.4, -0.2) is 26.3 Å². The van der Waals surface area contributed by atoms with E-state index in [1.807, 2.05) is 17.0 Å². The van der Waals surface area contributed by atoms with Crippen LogP contribution in [0.15, 0.2) is 18.2 Å². The van der Waals surface area contributed by atoms with Crippen LogP contribution >= 0.6 is 0 Å². The maximum atomic E-state index is 13.8. The molecule has 4 heteroatoms. The van der Waals surface area contributed by atoms with E-state index in [4.69, 9.17) is 10.5 Å². The summed E-state index contributed by atoms with van der Waals surface area (Å²) in [7, 11) is 0. The van der Waals surface area contributed by atoms with E-state index < -0.39 is 0 Å². The molecule has 1 aliphatic heterocycles. The van der Waals surface area contributed by atoms with Crippen LogP contribution in [0, 0.1) is 5.82 Å². The van der Waals surface area contributed by atoms with Crippen molar-refractivity contribution in [2.75, 3.05) is 31.2 Å². The van der Waals surface area contributed by atoms with Crippen molar-refractivity contribution >= 4 is 5.69 Å². The molecule has 0 spiro atoms. The number of nitrogens with two attached hydrogens (primary N) is 1. The van der Waals surface area contributed by atoms with E-state index in [9.17, 15) is 4.39 Å². The summed E-state index contributed by atoms with van der Waals surface area (Å²) in [4.78, 5) is 2.03. The molecule has 0 radical (unpaired) electrons. The molecule has 1 saturated heterocycles. The highest BCUT2D eigenvalue weighted by Gasteiger charge is 2.13. The van der Waals surface area contributed by atoms with Crippen molar-refractivity contribution in [2.45, 2.75) is 13.0 Å².